The molecule has 1 heterocycles. The Morgan fingerprint density at radius 1 is 1.62 bits per heavy atom. The van der Waals surface area contributed by atoms with Gasteiger partial charge in [0.25, 0.3) is 0 Å². The van der Waals surface area contributed by atoms with Crippen LogP contribution < -0.4 is 5.32 Å². The number of hydrogen-bond acceptors (Lipinski definition) is 3. The van der Waals surface area contributed by atoms with Crippen molar-refractivity contribution in [1.29, 1.82) is 0 Å². The summed E-state index contributed by atoms with van der Waals surface area (Å²) in [4.78, 5) is 7.14. The van der Waals surface area contributed by atoms with E-state index in [9.17, 15) is 0 Å². The quantitative estimate of drug-likeness (QED) is 0.625. The average molecular weight is 181 g/mol. The summed E-state index contributed by atoms with van der Waals surface area (Å²) in [7, 11) is 0. The first-order chi connectivity index (χ1) is 6.34. The fraction of sp³-hybridized carbons (Fsp3) is 0.667. The molecular weight excluding hydrogens is 166 g/mol. The molecule has 4 nitrogen and oxygen atoms in total. The zero-order chi connectivity index (χ0) is 9.10. The molecule has 1 aliphatic carbocycles. The maximum atomic E-state index is 9.06. The first-order valence-corrected chi connectivity index (χ1v) is 4.71. The lowest BCUT2D eigenvalue weighted by atomic mass is 9.82. The lowest BCUT2D eigenvalue weighted by molar-refractivity contribution is 0.0429. The highest BCUT2D eigenvalue weighted by Gasteiger charge is 2.26. The van der Waals surface area contributed by atoms with Gasteiger partial charge < -0.3 is 15.4 Å². The number of hydrogen-bond donors (Lipinski definition) is 3. The Hall–Kier alpha value is -0.870. The van der Waals surface area contributed by atoms with Crippen molar-refractivity contribution in [3.8, 4) is 0 Å². The monoisotopic (exact) mass is 181 g/mol. The Morgan fingerprint density at radius 2 is 2.46 bits per heavy atom. The van der Waals surface area contributed by atoms with Crippen LogP contribution in [0.1, 0.15) is 18.7 Å². The zero-order valence-corrected chi connectivity index (χ0v) is 7.53. The van der Waals surface area contributed by atoms with Crippen LogP contribution in [0.4, 0.5) is 0 Å². The third kappa shape index (κ3) is 2.29. The Morgan fingerprint density at radius 3 is 3.08 bits per heavy atom. The summed E-state index contributed by atoms with van der Waals surface area (Å²) in [6.07, 6.45) is 5.43. The van der Waals surface area contributed by atoms with Crippen molar-refractivity contribution in [2.24, 2.45) is 5.92 Å². The van der Waals surface area contributed by atoms with E-state index in [4.69, 9.17) is 5.11 Å². The third-order valence-electron chi connectivity index (χ3n) is 2.49. The molecule has 2 rings (SSSR count). The normalized spacial score (nSPS) is 27.2. The molecule has 0 aromatic carbocycles. The van der Waals surface area contributed by atoms with E-state index >= 15 is 0 Å². The van der Waals surface area contributed by atoms with Crippen molar-refractivity contribution in [3.63, 3.8) is 0 Å². The van der Waals surface area contributed by atoms with Crippen LogP contribution in [0, 0.1) is 5.92 Å². The topological polar surface area (TPSA) is 60.9 Å². The minimum atomic E-state index is -0.0459. The van der Waals surface area contributed by atoms with Gasteiger partial charge in [0.05, 0.1) is 12.6 Å². The number of rotatable bonds is 4. The van der Waals surface area contributed by atoms with Gasteiger partial charge in [0.1, 0.15) is 5.82 Å². The van der Waals surface area contributed by atoms with Gasteiger partial charge in [0, 0.05) is 12.4 Å². The van der Waals surface area contributed by atoms with Gasteiger partial charge in [-0.15, -0.1) is 0 Å². The van der Waals surface area contributed by atoms with Crippen molar-refractivity contribution >= 4 is 0 Å². The van der Waals surface area contributed by atoms with Gasteiger partial charge in [-0.05, 0) is 25.3 Å². The van der Waals surface area contributed by atoms with E-state index in [1.807, 2.05) is 6.20 Å². The fourth-order valence-corrected chi connectivity index (χ4v) is 1.66. The standard InChI is InChI=1S/C9H15N3O/c13-8-3-7(4-8)5-10-6-9-11-1-2-12-9/h1-2,7-8,10,13H,3-6H2,(H,11,12). The molecule has 1 aromatic rings. The van der Waals surface area contributed by atoms with E-state index in [0.29, 0.717) is 5.92 Å². The SMILES string of the molecule is OC1CC(CNCc2ncc[nH]2)C1. The molecule has 1 saturated carbocycles. The summed E-state index contributed by atoms with van der Waals surface area (Å²) in [5, 5.41) is 12.4. The number of aliphatic hydroxyl groups is 1. The van der Waals surface area contributed by atoms with Crippen LogP contribution in [-0.2, 0) is 6.54 Å². The van der Waals surface area contributed by atoms with E-state index in [0.717, 1.165) is 31.8 Å². The van der Waals surface area contributed by atoms with Gasteiger partial charge in [0.15, 0.2) is 0 Å². The van der Waals surface area contributed by atoms with Gasteiger partial charge in [-0.1, -0.05) is 0 Å². The van der Waals surface area contributed by atoms with Crippen LogP contribution in [0.3, 0.4) is 0 Å². The highest BCUT2D eigenvalue weighted by molar-refractivity contribution is 4.87. The molecule has 0 spiro atoms. The number of aromatic amines is 1. The van der Waals surface area contributed by atoms with E-state index in [1.54, 1.807) is 6.20 Å². The summed E-state index contributed by atoms with van der Waals surface area (Å²) >= 11 is 0. The summed E-state index contributed by atoms with van der Waals surface area (Å²) in [6.45, 7) is 1.78. The summed E-state index contributed by atoms with van der Waals surface area (Å²) in [5.74, 6) is 1.63. The van der Waals surface area contributed by atoms with Crippen LogP contribution in [0.15, 0.2) is 12.4 Å². The molecule has 13 heavy (non-hydrogen) atoms. The second-order valence-electron chi connectivity index (χ2n) is 3.66. The molecule has 0 radical (unpaired) electrons. The maximum absolute atomic E-state index is 9.06. The summed E-state index contributed by atoms with van der Waals surface area (Å²) in [6, 6.07) is 0. The average Bonchev–Trinajstić information content (AvgIpc) is 2.53. The molecule has 1 aromatic heterocycles. The van der Waals surface area contributed by atoms with Gasteiger partial charge in [-0.25, -0.2) is 4.98 Å². The predicted molar refractivity (Wildman–Crippen MR) is 49.0 cm³/mol. The lowest BCUT2D eigenvalue weighted by Crippen LogP contribution is -2.36. The van der Waals surface area contributed by atoms with E-state index < -0.39 is 0 Å². The number of nitrogens with one attached hydrogen (secondary N) is 2. The first kappa shape index (κ1) is 8.72. The van der Waals surface area contributed by atoms with Crippen LogP contribution in [-0.4, -0.2) is 27.7 Å². The third-order valence-corrected chi connectivity index (χ3v) is 2.49. The number of imidazole rings is 1. The molecule has 4 heteroatoms. The molecule has 1 aliphatic rings. The second-order valence-corrected chi connectivity index (χ2v) is 3.66. The number of aliphatic hydroxyl groups excluding tert-OH is 1. The number of aromatic nitrogens is 2. The fourth-order valence-electron chi connectivity index (χ4n) is 1.66. The summed E-state index contributed by atoms with van der Waals surface area (Å²) in [5.41, 5.74) is 0. The Balaban J connectivity index is 1.59. The predicted octanol–water partition coefficient (Wildman–Crippen LogP) is 0.270. The first-order valence-electron chi connectivity index (χ1n) is 4.71. The highest BCUT2D eigenvalue weighted by Crippen LogP contribution is 2.25. The minimum absolute atomic E-state index is 0.0459. The molecule has 1 fully saturated rings. The van der Waals surface area contributed by atoms with Crippen molar-refractivity contribution in [2.45, 2.75) is 25.5 Å². The maximum Gasteiger partial charge on any atom is 0.120 e. The van der Waals surface area contributed by atoms with E-state index in [-0.39, 0.29) is 6.10 Å². The van der Waals surface area contributed by atoms with Crippen LogP contribution in [0.25, 0.3) is 0 Å². The van der Waals surface area contributed by atoms with Crippen LogP contribution in [0.5, 0.6) is 0 Å². The molecule has 0 amide bonds. The molecule has 0 saturated heterocycles. The Labute approximate surface area is 77.4 Å². The smallest absolute Gasteiger partial charge is 0.120 e. The molecule has 0 aliphatic heterocycles. The van der Waals surface area contributed by atoms with Crippen LogP contribution in [0.2, 0.25) is 0 Å². The van der Waals surface area contributed by atoms with Gasteiger partial charge in [-0.3, -0.25) is 0 Å². The Bertz CT molecular complexity index is 241. The molecular formula is C9H15N3O. The molecule has 0 atom stereocenters. The van der Waals surface area contributed by atoms with Gasteiger partial charge >= 0.3 is 0 Å². The van der Waals surface area contributed by atoms with Crippen LogP contribution >= 0.6 is 0 Å². The van der Waals surface area contributed by atoms with Crippen molar-refractivity contribution in [2.75, 3.05) is 6.54 Å². The minimum Gasteiger partial charge on any atom is -0.393 e. The lowest BCUT2D eigenvalue weighted by Gasteiger charge is -2.31. The van der Waals surface area contributed by atoms with Crippen molar-refractivity contribution < 1.29 is 5.11 Å². The second kappa shape index (κ2) is 3.89. The highest BCUT2D eigenvalue weighted by atomic mass is 16.3. The molecule has 0 bridgehead atoms. The molecule has 0 unspecified atom stereocenters. The van der Waals surface area contributed by atoms with E-state index in [2.05, 4.69) is 15.3 Å². The summed E-state index contributed by atoms with van der Waals surface area (Å²) < 4.78 is 0. The molecule has 72 valence electrons. The van der Waals surface area contributed by atoms with E-state index in [1.165, 1.54) is 0 Å². The Kier molecular flexibility index (Phi) is 2.61. The van der Waals surface area contributed by atoms with Gasteiger partial charge in [-0.2, -0.15) is 0 Å². The molecule has 3 N–H and O–H groups in total. The zero-order valence-electron chi connectivity index (χ0n) is 7.53. The largest absolute Gasteiger partial charge is 0.393 e. The van der Waals surface area contributed by atoms with Crippen molar-refractivity contribution in [1.82, 2.24) is 15.3 Å². The number of H-pyrrole nitrogens is 1. The van der Waals surface area contributed by atoms with Gasteiger partial charge in [0.2, 0.25) is 0 Å². The number of nitrogens with zero attached hydrogens (tertiary/aromatic N) is 1. The van der Waals surface area contributed by atoms with Crippen molar-refractivity contribution in [3.05, 3.63) is 18.2 Å².